The van der Waals surface area contributed by atoms with Crippen molar-refractivity contribution in [3.8, 4) is 0 Å². The zero-order valence-corrected chi connectivity index (χ0v) is 13.5. The lowest BCUT2D eigenvalue weighted by atomic mass is 10.2. The first kappa shape index (κ1) is 20.3. The number of carbonyl (C=O) groups is 1. The molecule has 0 heterocycles. The van der Waals surface area contributed by atoms with Gasteiger partial charge in [-0.15, -0.1) is 12.4 Å². The number of halogens is 1. The van der Waals surface area contributed by atoms with E-state index in [9.17, 15) is 13.2 Å². The normalized spacial score (nSPS) is 14.9. The monoisotopic (exact) mass is 318 g/mol. The van der Waals surface area contributed by atoms with E-state index >= 15 is 0 Å². The molecule has 0 radical (unpaired) electrons. The third kappa shape index (κ3) is 5.34. The summed E-state index contributed by atoms with van der Waals surface area (Å²) < 4.78 is 24.1. The molecular weight excluding hydrogens is 296 g/mol. The summed E-state index contributed by atoms with van der Waals surface area (Å²) in [6.07, 6.45) is 2.36. The number of amides is 1. The molecule has 4 N–H and O–H groups in total. The molecule has 0 aliphatic carbocycles. The van der Waals surface area contributed by atoms with Crippen LogP contribution in [0.25, 0.3) is 0 Å². The van der Waals surface area contributed by atoms with Crippen molar-refractivity contribution >= 4 is 39.9 Å². The fourth-order valence-corrected chi connectivity index (χ4v) is 3.78. The molecule has 8 heteroatoms. The van der Waals surface area contributed by atoms with Gasteiger partial charge in [0.2, 0.25) is 0 Å². The van der Waals surface area contributed by atoms with E-state index in [0.717, 1.165) is 0 Å². The molecule has 0 aromatic carbocycles. The summed E-state index contributed by atoms with van der Waals surface area (Å²) in [6.45, 7) is 3.83. The maximum Gasteiger partial charge on any atom is 0.253 e. The predicted molar refractivity (Wildman–Crippen MR) is 79.6 cm³/mol. The van der Waals surface area contributed by atoms with Gasteiger partial charge < -0.3 is 11.5 Å². The Hall–Kier alpha value is 0.0200. The molecule has 0 aromatic heterocycles. The van der Waals surface area contributed by atoms with E-state index in [1.165, 1.54) is 11.8 Å². The van der Waals surface area contributed by atoms with Crippen LogP contribution >= 0.6 is 24.2 Å². The fourth-order valence-electron chi connectivity index (χ4n) is 1.26. The van der Waals surface area contributed by atoms with Crippen LogP contribution in [-0.4, -0.2) is 37.0 Å². The Kier molecular flexibility index (Phi) is 9.31. The van der Waals surface area contributed by atoms with Crippen LogP contribution in [-0.2, 0) is 14.6 Å². The zero-order chi connectivity index (χ0) is 13.7. The van der Waals surface area contributed by atoms with Gasteiger partial charge in [0.05, 0.1) is 5.75 Å². The zero-order valence-electron chi connectivity index (χ0n) is 11.0. The summed E-state index contributed by atoms with van der Waals surface area (Å²) in [5.74, 6) is -0.337. The standard InChI is InChI=1S/C10H22N2O3S2.ClH/c1-8(2)4-7-17(14,15)10(12,9(11)13)5-6-16-3;/h8H,4-7,12H2,1-3H3,(H2,11,13);1H/t10-;/m1./s1. The molecule has 0 bridgehead atoms. The van der Waals surface area contributed by atoms with Crippen molar-refractivity contribution in [2.75, 3.05) is 17.8 Å². The van der Waals surface area contributed by atoms with Crippen LogP contribution in [0.4, 0.5) is 0 Å². The lowest BCUT2D eigenvalue weighted by Crippen LogP contribution is -2.59. The molecule has 0 aliphatic rings. The highest BCUT2D eigenvalue weighted by atomic mass is 35.5. The first-order chi connectivity index (χ1) is 7.67. The summed E-state index contributed by atoms with van der Waals surface area (Å²) in [7, 11) is -3.70. The van der Waals surface area contributed by atoms with Crippen molar-refractivity contribution in [3.63, 3.8) is 0 Å². The van der Waals surface area contributed by atoms with Gasteiger partial charge in [0, 0.05) is 0 Å². The molecule has 0 saturated heterocycles. The lowest BCUT2D eigenvalue weighted by Gasteiger charge is -2.25. The van der Waals surface area contributed by atoms with Gasteiger partial charge in [-0.2, -0.15) is 11.8 Å². The Morgan fingerprint density at radius 3 is 2.22 bits per heavy atom. The molecule has 0 unspecified atom stereocenters. The minimum absolute atomic E-state index is 0. The number of sulfone groups is 1. The molecule has 0 rings (SSSR count). The smallest absolute Gasteiger partial charge is 0.253 e. The Bertz CT molecular complexity index is 360. The number of primary amides is 1. The highest BCUT2D eigenvalue weighted by molar-refractivity contribution is 7.98. The molecule has 0 saturated carbocycles. The SMILES string of the molecule is CSCC[C@](N)(C(N)=O)S(=O)(=O)CCC(C)C.Cl. The number of rotatable bonds is 8. The molecule has 0 fully saturated rings. The van der Waals surface area contributed by atoms with Crippen LogP contribution in [0.1, 0.15) is 26.7 Å². The maximum absolute atomic E-state index is 12.1. The van der Waals surface area contributed by atoms with Crippen LogP contribution in [0.3, 0.4) is 0 Å². The maximum atomic E-state index is 12.1. The lowest BCUT2D eigenvalue weighted by molar-refractivity contribution is -0.120. The minimum Gasteiger partial charge on any atom is -0.367 e. The predicted octanol–water partition coefficient (Wildman–Crippen LogP) is 0.762. The molecule has 18 heavy (non-hydrogen) atoms. The van der Waals surface area contributed by atoms with Crippen LogP contribution in [0.15, 0.2) is 0 Å². The fraction of sp³-hybridized carbons (Fsp3) is 0.900. The van der Waals surface area contributed by atoms with Gasteiger partial charge in [-0.3, -0.25) is 4.79 Å². The van der Waals surface area contributed by atoms with Gasteiger partial charge in [-0.1, -0.05) is 13.8 Å². The van der Waals surface area contributed by atoms with Gasteiger partial charge >= 0.3 is 0 Å². The van der Waals surface area contributed by atoms with Crippen molar-refractivity contribution in [2.24, 2.45) is 17.4 Å². The summed E-state index contributed by atoms with van der Waals surface area (Å²) in [4.78, 5) is 9.40. The first-order valence-corrected chi connectivity index (χ1v) is 8.52. The summed E-state index contributed by atoms with van der Waals surface area (Å²) in [5.41, 5.74) is 10.9. The number of hydrogen-bond acceptors (Lipinski definition) is 5. The van der Waals surface area contributed by atoms with Gasteiger partial charge in [-0.25, -0.2) is 8.42 Å². The Morgan fingerprint density at radius 1 is 1.39 bits per heavy atom. The Morgan fingerprint density at radius 2 is 1.89 bits per heavy atom. The number of hydrogen-bond donors (Lipinski definition) is 2. The van der Waals surface area contributed by atoms with E-state index in [2.05, 4.69) is 0 Å². The second-order valence-corrected chi connectivity index (χ2v) is 7.85. The average molecular weight is 319 g/mol. The molecular formula is C10H23ClN2O3S2. The van der Waals surface area contributed by atoms with Gasteiger partial charge in [0.25, 0.3) is 5.91 Å². The average Bonchev–Trinajstić information content (AvgIpc) is 2.22. The highest BCUT2D eigenvalue weighted by Crippen LogP contribution is 2.20. The van der Waals surface area contributed by atoms with Crippen LogP contribution in [0, 0.1) is 5.92 Å². The Balaban J connectivity index is 0. The van der Waals surface area contributed by atoms with Crippen LogP contribution in [0.5, 0.6) is 0 Å². The summed E-state index contributed by atoms with van der Waals surface area (Å²) >= 11 is 1.43. The molecule has 1 atom stereocenters. The largest absolute Gasteiger partial charge is 0.367 e. The second kappa shape index (κ2) is 8.24. The topological polar surface area (TPSA) is 103 Å². The first-order valence-electron chi connectivity index (χ1n) is 5.47. The van der Waals surface area contributed by atoms with Crippen LogP contribution < -0.4 is 11.5 Å². The van der Waals surface area contributed by atoms with Crippen molar-refractivity contribution in [2.45, 2.75) is 31.6 Å². The van der Waals surface area contributed by atoms with Crippen molar-refractivity contribution in [3.05, 3.63) is 0 Å². The minimum atomic E-state index is -3.70. The van der Waals surface area contributed by atoms with Crippen molar-refractivity contribution in [1.29, 1.82) is 0 Å². The molecule has 0 spiro atoms. The van der Waals surface area contributed by atoms with E-state index in [0.29, 0.717) is 12.2 Å². The molecule has 0 aromatic rings. The number of thioether (sulfide) groups is 1. The van der Waals surface area contributed by atoms with Crippen molar-refractivity contribution in [1.82, 2.24) is 0 Å². The summed E-state index contributed by atoms with van der Waals surface area (Å²) in [6, 6.07) is 0. The van der Waals surface area contributed by atoms with Crippen molar-refractivity contribution < 1.29 is 13.2 Å². The Labute approximate surface area is 120 Å². The van der Waals surface area contributed by atoms with Crippen LogP contribution in [0.2, 0.25) is 0 Å². The third-order valence-corrected chi connectivity index (χ3v) is 5.51. The molecule has 0 aliphatic heterocycles. The quantitative estimate of drug-likeness (QED) is 0.687. The number of carbonyl (C=O) groups excluding carboxylic acids is 1. The molecule has 5 nitrogen and oxygen atoms in total. The van der Waals surface area contributed by atoms with Gasteiger partial charge in [-0.05, 0) is 30.8 Å². The van der Waals surface area contributed by atoms with E-state index in [1.54, 1.807) is 0 Å². The second-order valence-electron chi connectivity index (χ2n) is 4.50. The molecule has 110 valence electrons. The number of nitrogens with two attached hydrogens (primary N) is 2. The van der Waals surface area contributed by atoms with E-state index in [4.69, 9.17) is 11.5 Å². The van der Waals surface area contributed by atoms with Gasteiger partial charge in [0.15, 0.2) is 14.7 Å². The molecule has 1 amide bonds. The summed E-state index contributed by atoms with van der Waals surface area (Å²) in [5, 5.41) is 0. The third-order valence-electron chi connectivity index (χ3n) is 2.61. The van der Waals surface area contributed by atoms with E-state index in [1.807, 2.05) is 20.1 Å². The van der Waals surface area contributed by atoms with E-state index < -0.39 is 20.6 Å². The highest BCUT2D eigenvalue weighted by Gasteiger charge is 2.44. The van der Waals surface area contributed by atoms with E-state index in [-0.39, 0.29) is 30.5 Å². The van der Waals surface area contributed by atoms with Gasteiger partial charge in [0.1, 0.15) is 0 Å².